The summed E-state index contributed by atoms with van der Waals surface area (Å²) >= 11 is 6.31. The number of H-pyrrole nitrogens is 1. The average Bonchev–Trinajstić information content (AvgIpc) is 3.16. The van der Waals surface area contributed by atoms with Crippen LogP contribution < -0.4 is 15.4 Å². The summed E-state index contributed by atoms with van der Waals surface area (Å²) in [6.45, 7) is 2.53. The summed E-state index contributed by atoms with van der Waals surface area (Å²) in [5.41, 5.74) is 4.55. The van der Waals surface area contributed by atoms with E-state index in [1.807, 2.05) is 6.92 Å². The predicted octanol–water partition coefficient (Wildman–Crippen LogP) is 5.02. The van der Waals surface area contributed by atoms with Crippen LogP contribution >= 0.6 is 11.6 Å². The number of anilines is 2. The molecule has 1 atom stereocenters. The lowest BCUT2D eigenvalue weighted by molar-refractivity contribution is 0.0942. The Hall–Kier alpha value is -3.65. The summed E-state index contributed by atoms with van der Waals surface area (Å²) in [6, 6.07) is 9.90. The molecule has 5 rings (SSSR count). The molecule has 3 N–H and O–H groups in total. The van der Waals surface area contributed by atoms with Crippen molar-refractivity contribution in [1.29, 1.82) is 0 Å². The Morgan fingerprint density at radius 2 is 2.09 bits per heavy atom. The van der Waals surface area contributed by atoms with Crippen LogP contribution in [0.15, 0.2) is 42.6 Å². The van der Waals surface area contributed by atoms with Gasteiger partial charge in [0.25, 0.3) is 5.91 Å². The fraction of sp³-hybridized carbons (Fsp3) is 0.174. The average molecular weight is 452 g/mol. The number of fused-ring (bicyclic) bond motifs is 2. The number of hydrogen-bond donors (Lipinski definition) is 3. The van der Waals surface area contributed by atoms with Crippen molar-refractivity contribution in [2.75, 3.05) is 19.0 Å². The van der Waals surface area contributed by atoms with Crippen molar-refractivity contribution < 1.29 is 13.9 Å². The summed E-state index contributed by atoms with van der Waals surface area (Å²) in [6.07, 6.45) is 1.63. The van der Waals surface area contributed by atoms with E-state index in [1.54, 1.807) is 36.5 Å². The number of benzene rings is 1. The van der Waals surface area contributed by atoms with E-state index in [0.717, 1.165) is 5.69 Å². The SMILES string of the molecule is COc1c(Cl)cccc1Nc1c(-c2ccnc3ccc(F)nc23)[nH]c2c1C(=O)NCC2C. The molecule has 162 valence electrons. The Labute approximate surface area is 188 Å². The summed E-state index contributed by atoms with van der Waals surface area (Å²) in [5, 5.41) is 6.68. The van der Waals surface area contributed by atoms with Gasteiger partial charge in [0, 0.05) is 29.9 Å². The highest BCUT2D eigenvalue weighted by atomic mass is 35.5. The lowest BCUT2D eigenvalue weighted by atomic mass is 9.98. The van der Waals surface area contributed by atoms with Gasteiger partial charge in [-0.25, -0.2) is 4.98 Å². The van der Waals surface area contributed by atoms with E-state index in [1.165, 1.54) is 13.2 Å². The monoisotopic (exact) mass is 451 g/mol. The molecule has 1 aromatic carbocycles. The molecule has 4 aromatic rings. The summed E-state index contributed by atoms with van der Waals surface area (Å²) < 4.78 is 19.5. The van der Waals surface area contributed by atoms with Crippen molar-refractivity contribution in [2.24, 2.45) is 0 Å². The van der Waals surface area contributed by atoms with Crippen molar-refractivity contribution in [3.8, 4) is 17.0 Å². The van der Waals surface area contributed by atoms with E-state index in [-0.39, 0.29) is 11.8 Å². The van der Waals surface area contributed by atoms with Gasteiger partial charge >= 0.3 is 0 Å². The Bertz CT molecular complexity index is 1370. The quantitative estimate of drug-likeness (QED) is 0.379. The molecule has 0 fully saturated rings. The minimum Gasteiger partial charge on any atom is -0.493 e. The predicted molar refractivity (Wildman–Crippen MR) is 121 cm³/mol. The third kappa shape index (κ3) is 3.23. The van der Waals surface area contributed by atoms with E-state index in [2.05, 4.69) is 25.6 Å². The molecule has 9 heteroatoms. The van der Waals surface area contributed by atoms with Gasteiger partial charge in [-0.15, -0.1) is 0 Å². The zero-order valence-electron chi connectivity index (χ0n) is 17.3. The number of aromatic nitrogens is 3. The van der Waals surface area contributed by atoms with Crippen LogP contribution in [0.4, 0.5) is 15.8 Å². The van der Waals surface area contributed by atoms with Gasteiger partial charge in [-0.05, 0) is 30.3 Å². The van der Waals surface area contributed by atoms with Gasteiger partial charge in [0.1, 0.15) is 5.52 Å². The van der Waals surface area contributed by atoms with Crippen LogP contribution in [0.3, 0.4) is 0 Å². The van der Waals surface area contributed by atoms with Gasteiger partial charge in [-0.2, -0.15) is 4.39 Å². The molecule has 1 aliphatic heterocycles. The Balaban J connectivity index is 1.78. The van der Waals surface area contributed by atoms with E-state index >= 15 is 0 Å². The smallest absolute Gasteiger partial charge is 0.255 e. The first-order valence-corrected chi connectivity index (χ1v) is 10.4. The van der Waals surface area contributed by atoms with Crippen molar-refractivity contribution in [2.45, 2.75) is 12.8 Å². The third-order valence-corrected chi connectivity index (χ3v) is 5.87. The molecule has 1 unspecified atom stereocenters. The molecule has 1 amide bonds. The Morgan fingerprint density at radius 1 is 1.25 bits per heavy atom. The maximum atomic E-state index is 14.0. The molecule has 0 aliphatic carbocycles. The van der Waals surface area contributed by atoms with Crippen molar-refractivity contribution in [3.05, 3.63) is 64.8 Å². The highest BCUT2D eigenvalue weighted by Crippen LogP contribution is 2.43. The van der Waals surface area contributed by atoms with Crippen LogP contribution in [0.1, 0.15) is 28.9 Å². The standard InChI is InChI=1S/C23H19ClFN5O2/c1-11-10-27-23(31)17-18(11)30-20(12-8-9-26-14-6-7-16(25)29-19(12)14)21(17)28-15-5-3-4-13(24)22(15)32-2/h3-9,11,28,30H,10H2,1-2H3,(H,27,31). The van der Waals surface area contributed by atoms with E-state index < -0.39 is 5.95 Å². The Kier molecular flexibility index (Phi) is 4.94. The lowest BCUT2D eigenvalue weighted by Gasteiger charge is -2.20. The van der Waals surface area contributed by atoms with Gasteiger partial charge in [0.05, 0.1) is 40.3 Å². The van der Waals surface area contributed by atoms with E-state index in [9.17, 15) is 9.18 Å². The molecule has 3 aromatic heterocycles. The number of pyridine rings is 2. The van der Waals surface area contributed by atoms with E-state index in [0.29, 0.717) is 56.5 Å². The molecule has 0 saturated carbocycles. The molecule has 32 heavy (non-hydrogen) atoms. The minimum atomic E-state index is -0.611. The number of nitrogens with zero attached hydrogens (tertiary/aromatic N) is 2. The zero-order chi connectivity index (χ0) is 22.4. The largest absolute Gasteiger partial charge is 0.493 e. The maximum Gasteiger partial charge on any atom is 0.255 e. The second-order valence-electron chi connectivity index (χ2n) is 7.58. The molecule has 0 radical (unpaired) electrons. The number of hydrogen-bond acceptors (Lipinski definition) is 5. The second kappa shape index (κ2) is 7.80. The first-order chi connectivity index (χ1) is 15.5. The molecule has 1 aliphatic rings. The minimum absolute atomic E-state index is 0.0519. The maximum absolute atomic E-state index is 14.0. The van der Waals surface area contributed by atoms with Gasteiger partial charge in [0.15, 0.2) is 5.75 Å². The summed E-state index contributed by atoms with van der Waals surface area (Å²) in [5.74, 6) is -0.319. The number of halogens is 2. The number of ether oxygens (including phenoxy) is 1. The van der Waals surface area contributed by atoms with Crippen LogP contribution in [0.5, 0.6) is 5.75 Å². The number of carbonyl (C=O) groups is 1. The molecule has 4 heterocycles. The highest BCUT2D eigenvalue weighted by molar-refractivity contribution is 6.32. The molecule has 0 saturated heterocycles. The van der Waals surface area contributed by atoms with Crippen LogP contribution in [-0.4, -0.2) is 34.5 Å². The van der Waals surface area contributed by atoms with Gasteiger partial charge in [-0.1, -0.05) is 24.6 Å². The fourth-order valence-corrected chi connectivity index (χ4v) is 4.29. The first-order valence-electron chi connectivity index (χ1n) is 10.0. The summed E-state index contributed by atoms with van der Waals surface area (Å²) in [4.78, 5) is 24.7. The number of methoxy groups -OCH3 is 1. The van der Waals surface area contributed by atoms with Crippen LogP contribution in [-0.2, 0) is 0 Å². The van der Waals surface area contributed by atoms with E-state index in [4.69, 9.17) is 16.3 Å². The van der Waals surface area contributed by atoms with Gasteiger partial charge in [-0.3, -0.25) is 9.78 Å². The van der Waals surface area contributed by atoms with Crippen molar-refractivity contribution in [1.82, 2.24) is 20.3 Å². The lowest BCUT2D eigenvalue weighted by Crippen LogP contribution is -2.33. The fourth-order valence-electron chi connectivity index (χ4n) is 4.04. The van der Waals surface area contributed by atoms with Crippen molar-refractivity contribution in [3.63, 3.8) is 0 Å². The topological polar surface area (TPSA) is 91.9 Å². The third-order valence-electron chi connectivity index (χ3n) is 5.57. The Morgan fingerprint density at radius 3 is 2.91 bits per heavy atom. The molecule has 0 spiro atoms. The zero-order valence-corrected chi connectivity index (χ0v) is 18.0. The molecule has 0 bridgehead atoms. The number of amides is 1. The normalized spacial score (nSPS) is 15.4. The molecule has 7 nitrogen and oxygen atoms in total. The number of rotatable bonds is 4. The van der Waals surface area contributed by atoms with Gasteiger partial charge < -0.3 is 20.4 Å². The first kappa shape index (κ1) is 20.3. The molecular formula is C23H19ClFN5O2. The number of carbonyl (C=O) groups excluding carboxylic acids is 1. The highest BCUT2D eigenvalue weighted by Gasteiger charge is 2.31. The number of nitrogens with one attached hydrogen (secondary N) is 3. The van der Waals surface area contributed by atoms with Crippen LogP contribution in [0.25, 0.3) is 22.3 Å². The number of para-hydroxylation sites is 1. The second-order valence-corrected chi connectivity index (χ2v) is 7.99. The van der Waals surface area contributed by atoms with Crippen molar-refractivity contribution >= 4 is 39.9 Å². The van der Waals surface area contributed by atoms with Gasteiger partial charge in [0.2, 0.25) is 5.95 Å². The number of aromatic amines is 1. The van der Waals surface area contributed by atoms with Crippen LogP contribution in [0, 0.1) is 5.95 Å². The van der Waals surface area contributed by atoms with Crippen LogP contribution in [0.2, 0.25) is 5.02 Å². The molecular weight excluding hydrogens is 433 g/mol. The summed E-state index contributed by atoms with van der Waals surface area (Å²) in [7, 11) is 1.53.